The summed E-state index contributed by atoms with van der Waals surface area (Å²) in [5.74, 6) is 0.130. The number of fused-ring (bicyclic) bond motifs is 1. The Morgan fingerprint density at radius 2 is 1.93 bits per heavy atom. The summed E-state index contributed by atoms with van der Waals surface area (Å²) in [5.41, 5.74) is 1.04. The molecule has 2 heterocycles. The number of rotatable bonds is 6. The highest BCUT2D eigenvalue weighted by molar-refractivity contribution is 5.88. The van der Waals surface area contributed by atoms with Gasteiger partial charge >= 0.3 is 0 Å². The van der Waals surface area contributed by atoms with Crippen LogP contribution in [0.5, 0.6) is 11.5 Å². The first-order chi connectivity index (χ1) is 14.1. The SMILES string of the molecule is O=c1c(-c2ccccc2)coc2cc(OCC(O)CN3CCNCC3)cc(O)c12. The van der Waals surface area contributed by atoms with Crippen LogP contribution < -0.4 is 15.5 Å². The molecule has 0 radical (unpaired) electrons. The molecule has 4 rings (SSSR count). The van der Waals surface area contributed by atoms with Crippen LogP contribution in [-0.2, 0) is 0 Å². The molecule has 0 spiro atoms. The summed E-state index contributed by atoms with van der Waals surface area (Å²) < 4.78 is 11.2. The molecule has 1 atom stereocenters. The van der Waals surface area contributed by atoms with Crippen molar-refractivity contribution in [2.45, 2.75) is 6.10 Å². The third-order valence-corrected chi connectivity index (χ3v) is 5.04. The van der Waals surface area contributed by atoms with Gasteiger partial charge in [0.2, 0.25) is 5.43 Å². The minimum atomic E-state index is -0.654. The Balaban J connectivity index is 1.51. The average Bonchev–Trinajstić information content (AvgIpc) is 2.73. The van der Waals surface area contributed by atoms with Crippen molar-refractivity contribution >= 4 is 11.0 Å². The van der Waals surface area contributed by atoms with Crippen LogP contribution in [0.2, 0.25) is 0 Å². The van der Waals surface area contributed by atoms with Gasteiger partial charge in [0.05, 0.1) is 5.56 Å². The molecule has 1 aliphatic heterocycles. The van der Waals surface area contributed by atoms with Gasteiger partial charge in [0.25, 0.3) is 0 Å². The fraction of sp³-hybridized carbons (Fsp3) is 0.318. The zero-order valence-electron chi connectivity index (χ0n) is 16.0. The normalized spacial score (nSPS) is 16.0. The number of aliphatic hydroxyl groups excluding tert-OH is 1. The molecule has 0 amide bonds. The quantitative estimate of drug-likeness (QED) is 0.585. The second kappa shape index (κ2) is 8.65. The minimum Gasteiger partial charge on any atom is -0.507 e. The molecule has 1 fully saturated rings. The first-order valence-electron chi connectivity index (χ1n) is 9.69. The molecule has 7 nitrogen and oxygen atoms in total. The van der Waals surface area contributed by atoms with Gasteiger partial charge in [0, 0.05) is 44.9 Å². The average molecular weight is 396 g/mol. The monoisotopic (exact) mass is 396 g/mol. The van der Waals surface area contributed by atoms with Gasteiger partial charge in [-0.15, -0.1) is 0 Å². The second-order valence-corrected chi connectivity index (χ2v) is 7.18. The Hall–Kier alpha value is -2.87. The van der Waals surface area contributed by atoms with Gasteiger partial charge in [0.1, 0.15) is 41.4 Å². The zero-order chi connectivity index (χ0) is 20.2. The van der Waals surface area contributed by atoms with E-state index in [0.717, 1.165) is 31.7 Å². The van der Waals surface area contributed by atoms with Crippen molar-refractivity contribution in [3.63, 3.8) is 0 Å². The fourth-order valence-corrected chi connectivity index (χ4v) is 3.55. The predicted molar refractivity (Wildman–Crippen MR) is 110 cm³/mol. The van der Waals surface area contributed by atoms with Crippen molar-refractivity contribution < 1.29 is 19.4 Å². The van der Waals surface area contributed by atoms with E-state index in [1.54, 1.807) is 6.07 Å². The highest BCUT2D eigenvalue weighted by atomic mass is 16.5. The predicted octanol–water partition coefficient (Wildman–Crippen LogP) is 1.81. The van der Waals surface area contributed by atoms with Gasteiger partial charge in [0.15, 0.2) is 0 Å². The van der Waals surface area contributed by atoms with E-state index in [9.17, 15) is 15.0 Å². The lowest BCUT2D eigenvalue weighted by atomic mass is 10.1. The molecule has 3 aromatic rings. The number of ether oxygens (including phenoxy) is 1. The van der Waals surface area contributed by atoms with Gasteiger partial charge < -0.3 is 24.7 Å². The minimum absolute atomic E-state index is 0.0845. The van der Waals surface area contributed by atoms with Gasteiger partial charge in [-0.3, -0.25) is 9.69 Å². The molecule has 29 heavy (non-hydrogen) atoms. The molecule has 0 saturated carbocycles. The van der Waals surface area contributed by atoms with Gasteiger partial charge in [-0.2, -0.15) is 0 Å². The third-order valence-electron chi connectivity index (χ3n) is 5.04. The molecule has 152 valence electrons. The van der Waals surface area contributed by atoms with Gasteiger partial charge in [-0.1, -0.05) is 30.3 Å². The Bertz CT molecular complexity index is 1030. The van der Waals surface area contributed by atoms with Gasteiger partial charge in [-0.25, -0.2) is 0 Å². The first kappa shape index (κ1) is 19.4. The van der Waals surface area contributed by atoms with E-state index in [1.165, 1.54) is 12.3 Å². The van der Waals surface area contributed by atoms with E-state index in [4.69, 9.17) is 9.15 Å². The van der Waals surface area contributed by atoms with E-state index in [-0.39, 0.29) is 28.8 Å². The maximum absolute atomic E-state index is 12.8. The van der Waals surface area contributed by atoms with Crippen LogP contribution in [0.15, 0.2) is 57.9 Å². The van der Waals surface area contributed by atoms with E-state index in [2.05, 4.69) is 10.2 Å². The summed E-state index contributed by atoms with van der Waals surface area (Å²) in [6.07, 6.45) is 0.737. The fourth-order valence-electron chi connectivity index (χ4n) is 3.55. The number of nitrogens with one attached hydrogen (secondary N) is 1. The number of aliphatic hydroxyl groups is 1. The summed E-state index contributed by atoms with van der Waals surface area (Å²) in [7, 11) is 0. The molecular weight excluding hydrogens is 372 g/mol. The summed E-state index contributed by atoms with van der Waals surface area (Å²) in [4.78, 5) is 15.0. The summed E-state index contributed by atoms with van der Waals surface area (Å²) in [6, 6.07) is 12.1. The lowest BCUT2D eigenvalue weighted by molar-refractivity contribution is 0.0641. The van der Waals surface area contributed by atoms with E-state index < -0.39 is 6.10 Å². The van der Waals surface area contributed by atoms with E-state index in [1.807, 2.05) is 30.3 Å². The maximum atomic E-state index is 12.8. The number of β-amino-alcohol motifs (C(OH)–C–C–N with tert-alkyl or cyclic N) is 1. The van der Waals surface area contributed by atoms with Crippen molar-refractivity contribution in [2.75, 3.05) is 39.3 Å². The number of hydrogen-bond acceptors (Lipinski definition) is 7. The number of phenolic OH excluding ortho intramolecular Hbond substituents is 1. The molecular formula is C22H24N2O5. The topological polar surface area (TPSA) is 95.2 Å². The molecule has 0 aliphatic carbocycles. The van der Waals surface area contributed by atoms with Crippen LogP contribution in [0.1, 0.15) is 0 Å². The number of phenols is 1. The number of piperazine rings is 1. The standard InChI is InChI=1S/C22H24N2O5/c25-16(12-24-8-6-23-7-9-24)13-28-17-10-19(26)21-20(11-17)29-14-18(22(21)27)15-4-2-1-3-5-15/h1-5,10-11,14,16,23,25-26H,6-9,12-13H2. The van der Waals surface area contributed by atoms with E-state index >= 15 is 0 Å². The largest absolute Gasteiger partial charge is 0.507 e. The first-order valence-corrected chi connectivity index (χ1v) is 9.69. The van der Waals surface area contributed by atoms with Crippen molar-refractivity contribution in [1.82, 2.24) is 10.2 Å². The molecule has 7 heteroatoms. The highest BCUT2D eigenvalue weighted by Gasteiger charge is 2.17. The Labute approximate surface area is 168 Å². The number of hydrogen-bond donors (Lipinski definition) is 3. The summed E-state index contributed by atoms with van der Waals surface area (Å²) >= 11 is 0. The van der Waals surface area contributed by atoms with Crippen molar-refractivity contribution in [3.8, 4) is 22.6 Å². The number of benzene rings is 2. The molecule has 2 aromatic carbocycles. The van der Waals surface area contributed by atoms with Crippen LogP contribution in [0.3, 0.4) is 0 Å². The lowest BCUT2D eigenvalue weighted by Crippen LogP contribution is -2.47. The number of nitrogens with zero attached hydrogens (tertiary/aromatic N) is 1. The third kappa shape index (κ3) is 4.42. The smallest absolute Gasteiger partial charge is 0.204 e. The van der Waals surface area contributed by atoms with Crippen LogP contribution in [0, 0.1) is 0 Å². The maximum Gasteiger partial charge on any atom is 0.204 e. The van der Waals surface area contributed by atoms with E-state index in [0.29, 0.717) is 17.9 Å². The van der Waals surface area contributed by atoms with Crippen molar-refractivity contribution in [3.05, 3.63) is 59.0 Å². The summed E-state index contributed by atoms with van der Waals surface area (Å²) in [6.45, 7) is 4.22. The zero-order valence-corrected chi connectivity index (χ0v) is 16.0. The molecule has 1 unspecified atom stereocenters. The van der Waals surface area contributed by atoms with Crippen molar-refractivity contribution in [2.24, 2.45) is 0 Å². The van der Waals surface area contributed by atoms with Crippen LogP contribution in [0.4, 0.5) is 0 Å². The highest BCUT2D eigenvalue weighted by Crippen LogP contribution is 2.30. The molecule has 0 bridgehead atoms. The molecule has 1 saturated heterocycles. The van der Waals surface area contributed by atoms with Crippen molar-refractivity contribution in [1.29, 1.82) is 0 Å². The van der Waals surface area contributed by atoms with Crippen LogP contribution in [-0.4, -0.2) is 60.5 Å². The molecule has 1 aromatic heterocycles. The number of aromatic hydroxyl groups is 1. The molecule has 3 N–H and O–H groups in total. The Morgan fingerprint density at radius 3 is 2.69 bits per heavy atom. The van der Waals surface area contributed by atoms with Crippen LogP contribution >= 0.6 is 0 Å². The van der Waals surface area contributed by atoms with Gasteiger partial charge in [-0.05, 0) is 5.56 Å². The molecule has 1 aliphatic rings. The summed E-state index contributed by atoms with van der Waals surface area (Å²) in [5, 5.41) is 24.0. The second-order valence-electron chi connectivity index (χ2n) is 7.18. The Kier molecular flexibility index (Phi) is 5.80. The lowest BCUT2D eigenvalue weighted by Gasteiger charge is -2.29. The van der Waals surface area contributed by atoms with Crippen LogP contribution in [0.25, 0.3) is 22.1 Å². The Morgan fingerprint density at radius 1 is 1.17 bits per heavy atom.